The molecule has 28 heavy (non-hydrogen) atoms. The number of ether oxygens (including phenoxy) is 2. The summed E-state index contributed by atoms with van der Waals surface area (Å²) in [5.74, 6) is 3.13. The van der Waals surface area contributed by atoms with Crippen LogP contribution in [0.4, 0.5) is 0 Å². The summed E-state index contributed by atoms with van der Waals surface area (Å²) in [6.45, 7) is 9.24. The van der Waals surface area contributed by atoms with Crippen molar-refractivity contribution in [1.29, 1.82) is 0 Å². The molecule has 1 aliphatic heterocycles. The molecule has 0 aromatic rings. The number of fused-ring (bicyclic) bond motifs is 8. The predicted octanol–water partition coefficient (Wildman–Crippen LogP) is 4.32. The zero-order chi connectivity index (χ0) is 19.8. The van der Waals surface area contributed by atoms with E-state index in [1.807, 2.05) is 6.08 Å². The molecule has 9 atom stereocenters. The van der Waals surface area contributed by atoms with E-state index in [1.54, 1.807) is 0 Å². The van der Waals surface area contributed by atoms with Gasteiger partial charge in [-0.05, 0) is 84.2 Å². The van der Waals surface area contributed by atoms with Crippen LogP contribution in [0.1, 0.15) is 66.2 Å². The van der Waals surface area contributed by atoms with Crippen molar-refractivity contribution >= 4 is 11.8 Å². The molecule has 0 bridgehead atoms. The highest BCUT2D eigenvalue weighted by molar-refractivity contribution is 5.92. The molecule has 3 unspecified atom stereocenters. The first-order valence-corrected chi connectivity index (χ1v) is 11.3. The average molecular weight is 387 g/mol. The molecule has 0 aromatic heterocycles. The lowest BCUT2D eigenvalue weighted by atomic mass is 9.46. The maximum absolute atomic E-state index is 12.1. The van der Waals surface area contributed by atoms with Crippen LogP contribution < -0.4 is 0 Å². The summed E-state index contributed by atoms with van der Waals surface area (Å²) in [4.78, 5) is 23.4. The van der Waals surface area contributed by atoms with Crippen molar-refractivity contribution in [3.63, 3.8) is 0 Å². The van der Waals surface area contributed by atoms with Crippen LogP contribution in [0.3, 0.4) is 0 Å². The molecule has 0 N–H and O–H groups in total. The Balaban J connectivity index is 1.42. The van der Waals surface area contributed by atoms with Gasteiger partial charge >= 0.3 is 5.97 Å². The second-order valence-electron chi connectivity index (χ2n) is 10.8. The lowest BCUT2D eigenvalue weighted by molar-refractivity contribution is -0.143. The highest BCUT2D eigenvalue weighted by Crippen LogP contribution is 2.70. The number of hydrogen-bond donors (Lipinski definition) is 0. The Hall–Kier alpha value is -1.16. The average Bonchev–Trinajstić information content (AvgIpc) is 3.35. The molecule has 4 heteroatoms. The lowest BCUT2D eigenvalue weighted by Crippen LogP contribution is -2.54. The SMILES string of the molecule is CC(=O)OC[C@@H](C)[C@H]1CCC2C3C(CC[C@@]21C)[C@@]1(C)CCC(=O)C=C1[C@@H]1O[C@H]31. The van der Waals surface area contributed by atoms with Gasteiger partial charge in [0.05, 0.1) is 12.7 Å². The lowest BCUT2D eigenvalue weighted by Gasteiger charge is -2.57. The summed E-state index contributed by atoms with van der Waals surface area (Å²) < 4.78 is 11.6. The van der Waals surface area contributed by atoms with Crippen LogP contribution in [0.5, 0.6) is 0 Å². The summed E-state index contributed by atoms with van der Waals surface area (Å²) in [5, 5.41) is 0. The molecule has 4 nitrogen and oxygen atoms in total. The van der Waals surface area contributed by atoms with E-state index >= 15 is 0 Å². The molecule has 3 saturated carbocycles. The molecule has 0 radical (unpaired) electrons. The fraction of sp³-hybridized carbons (Fsp3) is 0.833. The molecule has 0 aromatic carbocycles. The third-order valence-electron chi connectivity index (χ3n) is 9.54. The number of carbonyl (C=O) groups is 2. The van der Waals surface area contributed by atoms with Gasteiger partial charge in [-0.1, -0.05) is 20.8 Å². The van der Waals surface area contributed by atoms with Gasteiger partial charge in [-0.15, -0.1) is 0 Å². The molecule has 1 saturated heterocycles. The fourth-order valence-corrected chi connectivity index (χ4v) is 8.15. The van der Waals surface area contributed by atoms with Crippen molar-refractivity contribution < 1.29 is 19.1 Å². The summed E-state index contributed by atoms with van der Waals surface area (Å²) in [6, 6.07) is 0. The first-order valence-electron chi connectivity index (χ1n) is 11.3. The van der Waals surface area contributed by atoms with Gasteiger partial charge in [0.1, 0.15) is 6.10 Å². The highest BCUT2D eigenvalue weighted by Gasteiger charge is 2.69. The topological polar surface area (TPSA) is 55.9 Å². The monoisotopic (exact) mass is 386 g/mol. The van der Waals surface area contributed by atoms with Crippen LogP contribution in [-0.2, 0) is 19.1 Å². The number of hydrogen-bond acceptors (Lipinski definition) is 4. The summed E-state index contributed by atoms with van der Waals surface area (Å²) in [7, 11) is 0. The van der Waals surface area contributed by atoms with Crippen molar-refractivity contribution in [2.45, 2.75) is 78.4 Å². The van der Waals surface area contributed by atoms with E-state index in [0.29, 0.717) is 59.9 Å². The van der Waals surface area contributed by atoms with Crippen LogP contribution in [0.15, 0.2) is 11.6 Å². The normalized spacial score (nSPS) is 49.9. The number of epoxide rings is 1. The molecule has 5 rings (SSSR count). The summed E-state index contributed by atoms with van der Waals surface area (Å²) in [5.41, 5.74) is 1.79. The standard InChI is InChI=1S/C24H34O4/c1-13(12-27-14(2)25)16-5-6-17-20-18(8-10-23(16,17)3)24(4)9-7-15(26)11-19(24)21-22(20)28-21/h11,13,16-18,20-22H,5-10,12H2,1-4H3/t13-,16-,17?,18?,20?,21+,22-,23-,24-/m1/s1. The molecule has 4 aliphatic carbocycles. The van der Waals surface area contributed by atoms with Gasteiger partial charge in [-0.2, -0.15) is 0 Å². The van der Waals surface area contributed by atoms with Crippen LogP contribution >= 0.6 is 0 Å². The summed E-state index contributed by atoms with van der Waals surface area (Å²) >= 11 is 0. The Kier molecular flexibility index (Phi) is 4.15. The van der Waals surface area contributed by atoms with E-state index in [9.17, 15) is 9.59 Å². The summed E-state index contributed by atoms with van der Waals surface area (Å²) in [6.07, 6.45) is 9.18. The van der Waals surface area contributed by atoms with Gasteiger partial charge in [-0.3, -0.25) is 9.59 Å². The van der Waals surface area contributed by atoms with Gasteiger partial charge in [0.2, 0.25) is 0 Å². The Bertz CT molecular complexity index is 741. The highest BCUT2D eigenvalue weighted by atomic mass is 16.6. The van der Waals surface area contributed by atoms with E-state index in [1.165, 1.54) is 38.2 Å². The van der Waals surface area contributed by atoms with E-state index < -0.39 is 0 Å². The molecule has 0 amide bonds. The van der Waals surface area contributed by atoms with Crippen LogP contribution in [0, 0.1) is 40.4 Å². The van der Waals surface area contributed by atoms with Crippen molar-refractivity contribution in [2.75, 3.05) is 6.61 Å². The maximum Gasteiger partial charge on any atom is 0.302 e. The third-order valence-corrected chi connectivity index (χ3v) is 9.54. The maximum atomic E-state index is 12.1. The Morgan fingerprint density at radius 3 is 2.79 bits per heavy atom. The smallest absolute Gasteiger partial charge is 0.302 e. The molecule has 0 spiro atoms. The molecule has 1 heterocycles. The van der Waals surface area contributed by atoms with Crippen molar-refractivity contribution in [3.05, 3.63) is 11.6 Å². The largest absolute Gasteiger partial charge is 0.466 e. The van der Waals surface area contributed by atoms with Gasteiger partial charge < -0.3 is 9.47 Å². The first-order chi connectivity index (χ1) is 13.3. The minimum Gasteiger partial charge on any atom is -0.466 e. The second-order valence-corrected chi connectivity index (χ2v) is 10.8. The van der Waals surface area contributed by atoms with Gasteiger partial charge in [0, 0.05) is 13.3 Å². The van der Waals surface area contributed by atoms with Gasteiger partial charge in [0.25, 0.3) is 0 Å². The van der Waals surface area contributed by atoms with E-state index in [-0.39, 0.29) is 17.5 Å². The van der Waals surface area contributed by atoms with Crippen LogP contribution in [0.25, 0.3) is 0 Å². The van der Waals surface area contributed by atoms with Gasteiger partial charge in [0.15, 0.2) is 5.78 Å². The number of carbonyl (C=O) groups excluding carboxylic acids is 2. The van der Waals surface area contributed by atoms with Crippen molar-refractivity contribution in [3.8, 4) is 0 Å². The van der Waals surface area contributed by atoms with E-state index in [2.05, 4.69) is 20.8 Å². The minimum atomic E-state index is -0.171. The molecular formula is C24H34O4. The fourth-order valence-electron chi connectivity index (χ4n) is 8.15. The molecular weight excluding hydrogens is 352 g/mol. The third kappa shape index (κ3) is 2.52. The molecule has 4 fully saturated rings. The first kappa shape index (κ1) is 18.8. The van der Waals surface area contributed by atoms with E-state index in [0.717, 1.165) is 6.42 Å². The zero-order valence-corrected chi connectivity index (χ0v) is 17.7. The quantitative estimate of drug-likeness (QED) is 0.535. The Labute approximate surface area is 168 Å². The minimum absolute atomic E-state index is 0.152. The molecule has 154 valence electrons. The van der Waals surface area contributed by atoms with Crippen molar-refractivity contribution in [1.82, 2.24) is 0 Å². The zero-order valence-electron chi connectivity index (χ0n) is 17.7. The van der Waals surface area contributed by atoms with Crippen LogP contribution in [-0.4, -0.2) is 30.6 Å². The van der Waals surface area contributed by atoms with Crippen molar-refractivity contribution in [2.24, 2.45) is 40.4 Å². The number of rotatable bonds is 3. The Morgan fingerprint density at radius 1 is 1.25 bits per heavy atom. The Morgan fingerprint density at radius 2 is 2.04 bits per heavy atom. The predicted molar refractivity (Wildman–Crippen MR) is 105 cm³/mol. The number of ketones is 1. The van der Waals surface area contributed by atoms with E-state index in [4.69, 9.17) is 9.47 Å². The second kappa shape index (κ2) is 6.17. The van der Waals surface area contributed by atoms with Crippen LogP contribution in [0.2, 0.25) is 0 Å². The van der Waals surface area contributed by atoms with Gasteiger partial charge in [-0.25, -0.2) is 0 Å². The molecule has 5 aliphatic rings. The number of esters is 1.